The maximum absolute atomic E-state index is 12.2. The summed E-state index contributed by atoms with van der Waals surface area (Å²) >= 11 is 0. The number of nitrogens with one attached hydrogen (secondary N) is 1. The number of benzene rings is 1. The predicted octanol–water partition coefficient (Wildman–Crippen LogP) is 4.17. The number of anilines is 1. The van der Waals surface area contributed by atoms with E-state index in [1.54, 1.807) is 42.9 Å². The molecule has 3 heterocycles. The van der Waals surface area contributed by atoms with Crippen LogP contribution in [0.25, 0.3) is 17.7 Å². The molecule has 0 aliphatic rings. The average Bonchev–Trinajstić information content (AvgIpc) is 3.44. The molecule has 0 spiro atoms. The van der Waals surface area contributed by atoms with Gasteiger partial charge in [-0.25, -0.2) is 0 Å². The van der Waals surface area contributed by atoms with Crippen molar-refractivity contribution >= 4 is 17.7 Å². The van der Waals surface area contributed by atoms with Crippen LogP contribution in [-0.2, 0) is 11.2 Å². The van der Waals surface area contributed by atoms with Gasteiger partial charge in [-0.2, -0.15) is 4.98 Å². The van der Waals surface area contributed by atoms with Crippen LogP contribution in [0.5, 0.6) is 0 Å². The van der Waals surface area contributed by atoms with E-state index < -0.39 is 0 Å². The highest BCUT2D eigenvalue weighted by Crippen LogP contribution is 2.21. The lowest BCUT2D eigenvalue weighted by molar-refractivity contribution is -0.111. The van der Waals surface area contributed by atoms with Crippen LogP contribution in [0.3, 0.4) is 0 Å². The first-order chi connectivity index (χ1) is 13.3. The molecule has 7 heteroatoms. The lowest BCUT2D eigenvalue weighted by Crippen LogP contribution is -2.10. The molecule has 4 rings (SSSR count). The van der Waals surface area contributed by atoms with Gasteiger partial charge in [0.05, 0.1) is 18.9 Å². The molecule has 7 nitrogen and oxygen atoms in total. The van der Waals surface area contributed by atoms with E-state index in [-0.39, 0.29) is 5.91 Å². The number of nitrogens with zero attached hydrogens (tertiary/aromatic N) is 2. The van der Waals surface area contributed by atoms with Crippen molar-refractivity contribution in [3.63, 3.8) is 0 Å². The van der Waals surface area contributed by atoms with Crippen molar-refractivity contribution in [2.75, 3.05) is 5.32 Å². The second kappa shape index (κ2) is 7.57. The summed E-state index contributed by atoms with van der Waals surface area (Å²) in [5.41, 5.74) is 1.52. The maximum Gasteiger partial charge on any atom is 0.248 e. The number of para-hydroxylation sites is 1. The molecular formula is C20H15N3O4. The van der Waals surface area contributed by atoms with Crippen LogP contribution in [-0.4, -0.2) is 16.0 Å². The summed E-state index contributed by atoms with van der Waals surface area (Å²) in [7, 11) is 0. The standard InChI is InChI=1S/C20H15N3O4/c24-18(10-9-15-6-3-11-25-15)21-16-7-2-1-5-14(16)13-19-22-20(23-27-19)17-8-4-12-26-17/h1-12H,13H2,(H,21,24). The molecule has 0 atom stereocenters. The van der Waals surface area contributed by atoms with Crippen LogP contribution in [0.2, 0.25) is 0 Å². The van der Waals surface area contributed by atoms with Gasteiger partial charge in [-0.05, 0) is 42.0 Å². The Hall–Kier alpha value is -3.87. The molecule has 27 heavy (non-hydrogen) atoms. The Balaban J connectivity index is 1.47. The molecule has 0 saturated heterocycles. The van der Waals surface area contributed by atoms with Crippen LogP contribution in [0.4, 0.5) is 5.69 Å². The zero-order chi connectivity index (χ0) is 18.5. The third kappa shape index (κ3) is 4.04. The number of aromatic nitrogens is 2. The molecule has 0 radical (unpaired) electrons. The fourth-order valence-corrected chi connectivity index (χ4v) is 2.51. The summed E-state index contributed by atoms with van der Waals surface area (Å²) in [6, 6.07) is 14.5. The van der Waals surface area contributed by atoms with Crippen molar-refractivity contribution in [1.29, 1.82) is 0 Å². The van der Waals surface area contributed by atoms with Gasteiger partial charge in [-0.1, -0.05) is 23.4 Å². The number of hydrogen-bond donors (Lipinski definition) is 1. The second-order valence-corrected chi connectivity index (χ2v) is 5.66. The van der Waals surface area contributed by atoms with Gasteiger partial charge in [0.15, 0.2) is 5.76 Å². The van der Waals surface area contributed by atoms with E-state index in [9.17, 15) is 4.79 Å². The van der Waals surface area contributed by atoms with Crippen LogP contribution < -0.4 is 5.32 Å². The molecular weight excluding hydrogens is 346 g/mol. The zero-order valence-corrected chi connectivity index (χ0v) is 14.2. The fourth-order valence-electron chi connectivity index (χ4n) is 2.51. The van der Waals surface area contributed by atoms with Crippen LogP contribution in [0.1, 0.15) is 17.2 Å². The third-order valence-electron chi connectivity index (χ3n) is 3.77. The van der Waals surface area contributed by atoms with Crippen molar-refractivity contribution in [2.24, 2.45) is 0 Å². The summed E-state index contributed by atoms with van der Waals surface area (Å²) in [4.78, 5) is 16.5. The SMILES string of the molecule is O=C(C=Cc1ccco1)Nc1ccccc1Cc1nc(-c2ccco2)no1. The van der Waals surface area contributed by atoms with Crippen molar-refractivity contribution in [3.05, 3.63) is 84.3 Å². The molecule has 0 saturated carbocycles. The van der Waals surface area contributed by atoms with Crippen molar-refractivity contribution in [3.8, 4) is 11.6 Å². The Morgan fingerprint density at radius 1 is 1.04 bits per heavy atom. The van der Waals surface area contributed by atoms with E-state index >= 15 is 0 Å². The topological polar surface area (TPSA) is 94.3 Å². The number of amides is 1. The van der Waals surface area contributed by atoms with Gasteiger partial charge in [0.2, 0.25) is 17.6 Å². The Morgan fingerprint density at radius 3 is 2.70 bits per heavy atom. The lowest BCUT2D eigenvalue weighted by atomic mass is 10.1. The lowest BCUT2D eigenvalue weighted by Gasteiger charge is -2.07. The molecule has 1 aromatic carbocycles. The quantitative estimate of drug-likeness (QED) is 0.518. The minimum atomic E-state index is -0.263. The Morgan fingerprint density at radius 2 is 1.89 bits per heavy atom. The third-order valence-corrected chi connectivity index (χ3v) is 3.77. The van der Waals surface area contributed by atoms with E-state index in [1.165, 1.54) is 6.08 Å². The normalized spacial score (nSPS) is 11.1. The molecule has 1 N–H and O–H groups in total. The van der Waals surface area contributed by atoms with Gasteiger partial charge in [-0.15, -0.1) is 0 Å². The second-order valence-electron chi connectivity index (χ2n) is 5.66. The van der Waals surface area contributed by atoms with E-state index in [4.69, 9.17) is 13.4 Å². The van der Waals surface area contributed by atoms with Crippen molar-refractivity contribution in [1.82, 2.24) is 10.1 Å². The maximum atomic E-state index is 12.2. The summed E-state index contributed by atoms with van der Waals surface area (Å²) in [5, 5.41) is 6.77. The molecule has 1 amide bonds. The summed E-state index contributed by atoms with van der Waals surface area (Å²) < 4.78 is 15.7. The van der Waals surface area contributed by atoms with Gasteiger partial charge >= 0.3 is 0 Å². The number of rotatable bonds is 6. The zero-order valence-electron chi connectivity index (χ0n) is 14.2. The summed E-state index contributed by atoms with van der Waals surface area (Å²) in [6.45, 7) is 0. The highest BCUT2D eigenvalue weighted by atomic mass is 16.5. The molecule has 0 bridgehead atoms. The van der Waals surface area contributed by atoms with E-state index in [2.05, 4.69) is 15.5 Å². The van der Waals surface area contributed by atoms with Gasteiger partial charge < -0.3 is 18.7 Å². The molecule has 0 unspecified atom stereocenters. The predicted molar refractivity (Wildman–Crippen MR) is 97.6 cm³/mol. The average molecular weight is 361 g/mol. The van der Waals surface area contributed by atoms with E-state index in [0.29, 0.717) is 35.3 Å². The molecule has 0 aliphatic heterocycles. The number of carbonyl (C=O) groups is 1. The summed E-state index contributed by atoms with van der Waals surface area (Å²) in [6.07, 6.45) is 6.50. The van der Waals surface area contributed by atoms with Crippen LogP contribution in [0.15, 0.2) is 80.5 Å². The largest absolute Gasteiger partial charge is 0.465 e. The Labute approximate surface area is 154 Å². The van der Waals surface area contributed by atoms with Gasteiger partial charge in [0, 0.05) is 11.8 Å². The molecule has 4 aromatic rings. The first-order valence-electron chi connectivity index (χ1n) is 8.25. The van der Waals surface area contributed by atoms with Crippen LogP contribution in [0, 0.1) is 0 Å². The number of carbonyl (C=O) groups excluding carboxylic acids is 1. The first-order valence-corrected chi connectivity index (χ1v) is 8.25. The Bertz CT molecular complexity index is 1050. The molecule has 134 valence electrons. The van der Waals surface area contributed by atoms with E-state index in [1.807, 2.05) is 24.3 Å². The van der Waals surface area contributed by atoms with Crippen molar-refractivity contribution < 1.29 is 18.2 Å². The van der Waals surface area contributed by atoms with Crippen LogP contribution >= 0.6 is 0 Å². The first kappa shape index (κ1) is 16.6. The number of furan rings is 2. The van der Waals surface area contributed by atoms with Gasteiger partial charge in [0.1, 0.15) is 5.76 Å². The molecule has 3 aromatic heterocycles. The molecule has 0 fully saturated rings. The highest BCUT2D eigenvalue weighted by molar-refractivity contribution is 6.02. The summed E-state index contributed by atoms with van der Waals surface area (Å²) in [5.74, 6) is 1.69. The Kier molecular flexibility index (Phi) is 4.65. The number of hydrogen-bond acceptors (Lipinski definition) is 6. The minimum absolute atomic E-state index is 0.263. The minimum Gasteiger partial charge on any atom is -0.465 e. The van der Waals surface area contributed by atoms with Gasteiger partial charge in [0.25, 0.3) is 0 Å². The van der Waals surface area contributed by atoms with Crippen molar-refractivity contribution in [2.45, 2.75) is 6.42 Å². The highest BCUT2D eigenvalue weighted by Gasteiger charge is 2.13. The fraction of sp³-hybridized carbons (Fsp3) is 0.0500. The monoisotopic (exact) mass is 361 g/mol. The van der Waals surface area contributed by atoms with Gasteiger partial charge in [-0.3, -0.25) is 4.79 Å². The smallest absolute Gasteiger partial charge is 0.248 e. The molecule has 0 aliphatic carbocycles. The van der Waals surface area contributed by atoms with E-state index in [0.717, 1.165) is 5.56 Å².